The van der Waals surface area contributed by atoms with Gasteiger partial charge in [-0.3, -0.25) is 9.52 Å². The molecule has 2 aromatic heterocycles. The molecule has 1 aromatic carbocycles. The molecular weight excluding hydrogens is 471 g/mol. The largest absolute Gasteiger partial charge is 0.432 e. The fourth-order valence-electron chi connectivity index (χ4n) is 3.56. The molecule has 0 aliphatic rings. The second-order valence-corrected chi connectivity index (χ2v) is 11.5. The highest BCUT2D eigenvalue weighted by molar-refractivity contribution is 7.94. The van der Waals surface area contributed by atoms with Crippen molar-refractivity contribution in [2.75, 3.05) is 4.72 Å². The molecule has 0 saturated carbocycles. The van der Waals surface area contributed by atoms with Crippen LogP contribution in [0.2, 0.25) is 0 Å². The molecule has 0 bridgehead atoms. The van der Waals surface area contributed by atoms with E-state index in [1.807, 2.05) is 20.1 Å². The lowest BCUT2D eigenvalue weighted by Crippen LogP contribution is -2.34. The predicted molar refractivity (Wildman–Crippen MR) is 124 cm³/mol. The quantitative estimate of drug-likeness (QED) is 0.477. The summed E-state index contributed by atoms with van der Waals surface area (Å²) in [5.41, 5.74) is 1.54. The number of hydrogen-bond acceptors (Lipinski definition) is 5. The van der Waals surface area contributed by atoms with Gasteiger partial charge in [-0.25, -0.2) is 17.8 Å². The average Bonchev–Trinajstić information content (AvgIpc) is 2.99. The van der Waals surface area contributed by atoms with Crippen LogP contribution in [0.4, 0.5) is 19.0 Å². The highest BCUT2D eigenvalue weighted by Crippen LogP contribution is 2.39. The first-order valence-electron chi connectivity index (χ1n) is 10.4. The highest BCUT2D eigenvalue weighted by atomic mass is 32.2. The number of nitrogens with zero attached hydrogens (tertiary/aromatic N) is 2. The van der Waals surface area contributed by atoms with E-state index in [9.17, 15) is 26.4 Å². The van der Waals surface area contributed by atoms with E-state index in [1.165, 1.54) is 6.07 Å². The Morgan fingerprint density at radius 3 is 2.32 bits per heavy atom. The van der Waals surface area contributed by atoms with E-state index in [0.29, 0.717) is 22.5 Å². The van der Waals surface area contributed by atoms with Gasteiger partial charge in [0.2, 0.25) is 16.3 Å². The first-order chi connectivity index (χ1) is 15.7. The van der Waals surface area contributed by atoms with Gasteiger partial charge in [-0.1, -0.05) is 0 Å². The maximum Gasteiger partial charge on any atom is 0.387 e. The average molecular weight is 497 g/mol. The zero-order valence-electron chi connectivity index (χ0n) is 19.5. The lowest BCUT2D eigenvalue weighted by molar-refractivity contribution is -0.0520. The van der Waals surface area contributed by atoms with Crippen LogP contribution in [0.1, 0.15) is 51.9 Å². The fourth-order valence-corrected chi connectivity index (χ4v) is 4.26. The maximum atomic E-state index is 14.5. The molecule has 3 aromatic rings. The third-order valence-electron chi connectivity index (χ3n) is 5.28. The summed E-state index contributed by atoms with van der Waals surface area (Å²) in [6.45, 7) is 6.68. The molecule has 0 atom stereocenters. The van der Waals surface area contributed by atoms with E-state index < -0.39 is 32.9 Å². The van der Waals surface area contributed by atoms with Crippen molar-refractivity contribution >= 4 is 33.0 Å². The van der Waals surface area contributed by atoms with Crippen LogP contribution in [-0.2, 0) is 14.8 Å². The Hall–Kier alpha value is -3.08. The van der Waals surface area contributed by atoms with Crippen LogP contribution in [0.3, 0.4) is 0 Å². The van der Waals surface area contributed by atoms with Gasteiger partial charge < -0.3 is 9.30 Å². The van der Waals surface area contributed by atoms with Gasteiger partial charge in [0, 0.05) is 28.8 Å². The molecule has 0 unspecified atom stereocenters. The van der Waals surface area contributed by atoms with E-state index in [4.69, 9.17) is 0 Å². The molecule has 34 heavy (non-hydrogen) atoms. The number of anilines is 1. The van der Waals surface area contributed by atoms with Crippen molar-refractivity contribution in [2.24, 2.45) is 0 Å². The first-order valence-corrected chi connectivity index (χ1v) is 11.9. The van der Waals surface area contributed by atoms with Crippen LogP contribution < -0.4 is 9.46 Å². The van der Waals surface area contributed by atoms with Crippen LogP contribution in [0.25, 0.3) is 22.2 Å². The van der Waals surface area contributed by atoms with Gasteiger partial charge in [0.1, 0.15) is 5.82 Å². The van der Waals surface area contributed by atoms with Gasteiger partial charge in [0.15, 0.2) is 11.6 Å². The summed E-state index contributed by atoms with van der Waals surface area (Å²) in [6.07, 6.45) is 1.83. The number of pyridine rings is 1. The smallest absolute Gasteiger partial charge is 0.387 e. The van der Waals surface area contributed by atoms with Crippen molar-refractivity contribution in [1.82, 2.24) is 9.55 Å². The molecule has 1 N–H and O–H groups in total. The lowest BCUT2D eigenvalue weighted by Gasteiger charge is -2.21. The topological polar surface area (TPSA) is 90.3 Å². The molecule has 7 nitrogen and oxygen atoms in total. The standard InChI is InChI=1S/C23H25F3N3O4S/c1-12(2)29-18-10-19(33-22(25)26)17(24)9-15(18)16(11-30)21(29)14-7-8-20(27-13(14)3)28-34(31,32)23(4,5)6/h7-10,12,22H,1-6H3,(H,27,28). The predicted octanol–water partition coefficient (Wildman–Crippen LogP) is 5.33. The summed E-state index contributed by atoms with van der Waals surface area (Å²) in [5, 5.41) is 0.176. The SMILES string of the molecule is Cc1nc(NS(=O)(=O)C(C)(C)C)ccc1-c1c([C]=O)c2cc(F)c(OC(F)F)cc2n1C(C)C. The van der Waals surface area contributed by atoms with Gasteiger partial charge in [-0.2, -0.15) is 8.78 Å². The van der Waals surface area contributed by atoms with Crippen molar-refractivity contribution < 1.29 is 31.1 Å². The normalized spacial score (nSPS) is 12.6. The number of ether oxygens (including phenoxy) is 1. The van der Waals surface area contributed by atoms with Crippen molar-refractivity contribution in [2.45, 2.75) is 58.9 Å². The number of aryl methyl sites for hydroxylation is 1. The molecule has 1 radical (unpaired) electrons. The van der Waals surface area contributed by atoms with E-state index in [0.717, 1.165) is 12.1 Å². The number of aromatic nitrogens is 2. The molecule has 0 fully saturated rings. The number of nitrogens with one attached hydrogen (secondary N) is 1. The Bertz CT molecular complexity index is 1360. The number of hydrogen-bond donors (Lipinski definition) is 1. The van der Waals surface area contributed by atoms with Gasteiger partial charge in [0.25, 0.3) is 0 Å². The number of rotatable bonds is 7. The third-order valence-corrected chi connectivity index (χ3v) is 7.37. The van der Waals surface area contributed by atoms with E-state index in [-0.39, 0.29) is 22.8 Å². The van der Waals surface area contributed by atoms with Gasteiger partial charge >= 0.3 is 6.61 Å². The molecule has 0 amide bonds. The van der Waals surface area contributed by atoms with Crippen molar-refractivity contribution in [3.63, 3.8) is 0 Å². The second kappa shape index (κ2) is 8.94. The molecule has 11 heteroatoms. The molecule has 0 spiro atoms. The van der Waals surface area contributed by atoms with Crippen LogP contribution in [0, 0.1) is 12.7 Å². The summed E-state index contributed by atoms with van der Waals surface area (Å²) in [6, 6.07) is 4.85. The van der Waals surface area contributed by atoms with E-state index in [2.05, 4.69) is 14.4 Å². The summed E-state index contributed by atoms with van der Waals surface area (Å²) < 4.78 is 72.2. The summed E-state index contributed by atoms with van der Waals surface area (Å²) in [4.78, 5) is 16.3. The first kappa shape index (κ1) is 25.5. The van der Waals surface area contributed by atoms with Crippen molar-refractivity contribution in [3.8, 4) is 17.0 Å². The van der Waals surface area contributed by atoms with Gasteiger partial charge in [-0.15, -0.1) is 0 Å². The minimum Gasteiger partial charge on any atom is -0.432 e. The molecule has 0 saturated heterocycles. The molecule has 3 rings (SSSR count). The van der Waals surface area contributed by atoms with Crippen LogP contribution >= 0.6 is 0 Å². The fraction of sp³-hybridized carbons (Fsp3) is 0.391. The lowest BCUT2D eigenvalue weighted by atomic mass is 10.0. The summed E-state index contributed by atoms with van der Waals surface area (Å²) in [5.74, 6) is -1.59. The number of alkyl halides is 2. The van der Waals surface area contributed by atoms with Crippen molar-refractivity contribution in [3.05, 3.63) is 41.3 Å². The Labute approximate surface area is 196 Å². The molecule has 0 aliphatic heterocycles. The van der Waals surface area contributed by atoms with E-state index >= 15 is 0 Å². The summed E-state index contributed by atoms with van der Waals surface area (Å²) >= 11 is 0. The molecule has 0 aliphatic carbocycles. The number of sulfonamides is 1. The zero-order valence-corrected chi connectivity index (χ0v) is 20.4. The number of benzene rings is 1. The van der Waals surface area contributed by atoms with Gasteiger partial charge in [0.05, 0.1) is 21.5 Å². The Kier molecular flexibility index (Phi) is 6.71. The number of halogens is 3. The number of fused-ring (bicyclic) bond motifs is 1. The third kappa shape index (κ3) is 4.61. The molecular formula is C23H25F3N3O4S. The Morgan fingerprint density at radius 2 is 1.82 bits per heavy atom. The number of carbonyl (C=O) groups excluding carboxylic acids is 1. The van der Waals surface area contributed by atoms with Crippen molar-refractivity contribution in [1.29, 1.82) is 0 Å². The van der Waals surface area contributed by atoms with Crippen LogP contribution in [-0.4, -0.2) is 35.6 Å². The highest BCUT2D eigenvalue weighted by Gasteiger charge is 2.30. The van der Waals surface area contributed by atoms with E-state index in [1.54, 1.807) is 38.3 Å². The Morgan fingerprint density at radius 1 is 1.18 bits per heavy atom. The maximum absolute atomic E-state index is 14.5. The second-order valence-electron chi connectivity index (χ2n) is 9.02. The minimum absolute atomic E-state index is 0.0270. The summed E-state index contributed by atoms with van der Waals surface area (Å²) in [7, 11) is -3.72. The van der Waals surface area contributed by atoms with Crippen LogP contribution in [0.5, 0.6) is 5.75 Å². The monoisotopic (exact) mass is 496 g/mol. The molecule has 183 valence electrons. The minimum atomic E-state index is -3.72. The Balaban J connectivity index is 2.25. The van der Waals surface area contributed by atoms with Crippen LogP contribution in [0.15, 0.2) is 24.3 Å². The molecule has 2 heterocycles. The zero-order chi connectivity index (χ0) is 25.6. The van der Waals surface area contributed by atoms with Gasteiger partial charge in [-0.05, 0) is 59.7 Å².